The van der Waals surface area contributed by atoms with Crippen LogP contribution in [-0.4, -0.2) is 46.9 Å². The Bertz CT molecular complexity index is 452. The Morgan fingerprint density at radius 1 is 1.56 bits per heavy atom. The van der Waals surface area contributed by atoms with Crippen molar-refractivity contribution in [3.63, 3.8) is 0 Å². The first-order valence-corrected chi connectivity index (χ1v) is 5.97. The SMILES string of the molecule is O=C(O)C1COCCN1Cc1ccc(O)c(Cl)c1. The van der Waals surface area contributed by atoms with Crippen molar-refractivity contribution < 1.29 is 19.7 Å². The van der Waals surface area contributed by atoms with E-state index in [0.717, 1.165) is 5.56 Å². The zero-order valence-electron chi connectivity index (χ0n) is 9.67. The van der Waals surface area contributed by atoms with Gasteiger partial charge in [-0.2, -0.15) is 0 Å². The lowest BCUT2D eigenvalue weighted by Gasteiger charge is -2.32. The number of carboxylic acids is 1. The fourth-order valence-electron chi connectivity index (χ4n) is 1.94. The van der Waals surface area contributed by atoms with Crippen LogP contribution in [0.5, 0.6) is 5.75 Å². The summed E-state index contributed by atoms with van der Waals surface area (Å²) in [5.41, 5.74) is 0.867. The summed E-state index contributed by atoms with van der Waals surface area (Å²) in [6, 6.07) is 4.25. The summed E-state index contributed by atoms with van der Waals surface area (Å²) in [5, 5.41) is 18.7. The number of aromatic hydroxyl groups is 1. The van der Waals surface area contributed by atoms with Gasteiger partial charge in [0.15, 0.2) is 0 Å². The number of carboxylic acid groups (broad SMARTS) is 1. The molecule has 1 heterocycles. The van der Waals surface area contributed by atoms with Crippen LogP contribution < -0.4 is 0 Å². The van der Waals surface area contributed by atoms with Crippen molar-refractivity contribution in [1.29, 1.82) is 0 Å². The lowest BCUT2D eigenvalue weighted by Crippen LogP contribution is -2.49. The van der Waals surface area contributed by atoms with E-state index in [9.17, 15) is 9.90 Å². The number of morpholine rings is 1. The molecule has 98 valence electrons. The number of hydrogen-bond acceptors (Lipinski definition) is 4. The van der Waals surface area contributed by atoms with Gasteiger partial charge in [0.1, 0.15) is 11.8 Å². The van der Waals surface area contributed by atoms with Crippen LogP contribution in [-0.2, 0) is 16.1 Å². The van der Waals surface area contributed by atoms with Crippen LogP contribution in [0.15, 0.2) is 18.2 Å². The van der Waals surface area contributed by atoms with Crippen LogP contribution in [0.2, 0.25) is 5.02 Å². The molecule has 0 spiro atoms. The fraction of sp³-hybridized carbons (Fsp3) is 0.417. The molecule has 1 saturated heterocycles. The van der Waals surface area contributed by atoms with Gasteiger partial charge in [-0.3, -0.25) is 9.69 Å². The van der Waals surface area contributed by atoms with Gasteiger partial charge in [0.25, 0.3) is 0 Å². The number of rotatable bonds is 3. The van der Waals surface area contributed by atoms with Gasteiger partial charge in [0, 0.05) is 13.1 Å². The maximum atomic E-state index is 11.1. The van der Waals surface area contributed by atoms with Gasteiger partial charge in [-0.1, -0.05) is 17.7 Å². The van der Waals surface area contributed by atoms with E-state index < -0.39 is 12.0 Å². The first kappa shape index (κ1) is 13.1. The van der Waals surface area contributed by atoms with E-state index in [0.29, 0.717) is 19.7 Å². The van der Waals surface area contributed by atoms with Crippen molar-refractivity contribution in [3.05, 3.63) is 28.8 Å². The summed E-state index contributed by atoms with van der Waals surface area (Å²) >= 11 is 5.82. The summed E-state index contributed by atoms with van der Waals surface area (Å²) in [7, 11) is 0. The Morgan fingerprint density at radius 2 is 2.33 bits per heavy atom. The molecule has 1 unspecified atom stereocenters. The average molecular weight is 272 g/mol. The Labute approximate surface area is 110 Å². The summed E-state index contributed by atoms with van der Waals surface area (Å²) in [6.07, 6.45) is 0. The molecule has 0 aliphatic carbocycles. The highest BCUT2D eigenvalue weighted by Gasteiger charge is 2.29. The molecule has 0 radical (unpaired) electrons. The Morgan fingerprint density at radius 3 is 3.00 bits per heavy atom. The van der Waals surface area contributed by atoms with Crippen LogP contribution in [0.1, 0.15) is 5.56 Å². The molecular formula is C12H14ClNO4. The highest BCUT2D eigenvalue weighted by molar-refractivity contribution is 6.32. The summed E-state index contributed by atoms with van der Waals surface area (Å²) < 4.78 is 5.17. The lowest BCUT2D eigenvalue weighted by atomic mass is 10.1. The van der Waals surface area contributed by atoms with Gasteiger partial charge >= 0.3 is 5.97 Å². The average Bonchev–Trinajstić information content (AvgIpc) is 2.34. The molecule has 0 amide bonds. The molecule has 6 heteroatoms. The number of ether oxygens (including phenoxy) is 1. The molecule has 2 N–H and O–H groups in total. The van der Waals surface area contributed by atoms with Gasteiger partial charge < -0.3 is 14.9 Å². The van der Waals surface area contributed by atoms with Crippen molar-refractivity contribution in [2.24, 2.45) is 0 Å². The second-order valence-corrected chi connectivity index (χ2v) is 4.59. The zero-order valence-corrected chi connectivity index (χ0v) is 10.4. The van der Waals surface area contributed by atoms with Gasteiger partial charge in [0.05, 0.1) is 18.2 Å². The molecule has 0 aromatic heterocycles. The Hall–Kier alpha value is -1.30. The van der Waals surface area contributed by atoms with Crippen LogP contribution in [0, 0.1) is 0 Å². The number of benzene rings is 1. The summed E-state index contributed by atoms with van der Waals surface area (Å²) in [5.74, 6) is -0.864. The quantitative estimate of drug-likeness (QED) is 0.868. The monoisotopic (exact) mass is 271 g/mol. The number of phenols is 1. The number of phenolic OH excluding ortho intramolecular Hbond substituents is 1. The van der Waals surface area contributed by atoms with Gasteiger partial charge in [0.2, 0.25) is 0 Å². The van der Waals surface area contributed by atoms with Crippen LogP contribution in [0.25, 0.3) is 0 Å². The van der Waals surface area contributed by atoms with E-state index in [1.165, 1.54) is 6.07 Å². The van der Waals surface area contributed by atoms with E-state index >= 15 is 0 Å². The molecule has 5 nitrogen and oxygen atoms in total. The largest absolute Gasteiger partial charge is 0.506 e. The number of aliphatic carboxylic acids is 1. The van der Waals surface area contributed by atoms with E-state index in [2.05, 4.69) is 0 Å². The predicted molar refractivity (Wildman–Crippen MR) is 65.8 cm³/mol. The Kier molecular flexibility index (Phi) is 4.06. The first-order chi connectivity index (χ1) is 8.58. The van der Waals surface area contributed by atoms with E-state index in [1.807, 2.05) is 4.90 Å². The minimum atomic E-state index is -0.889. The van der Waals surface area contributed by atoms with Gasteiger partial charge in [-0.25, -0.2) is 0 Å². The van der Waals surface area contributed by atoms with E-state index in [-0.39, 0.29) is 17.4 Å². The molecule has 0 bridgehead atoms. The van der Waals surface area contributed by atoms with Gasteiger partial charge in [-0.15, -0.1) is 0 Å². The standard InChI is InChI=1S/C12H14ClNO4/c13-9-5-8(1-2-11(9)15)6-14-3-4-18-7-10(14)12(16)17/h1-2,5,10,15H,3-4,6-7H2,(H,16,17). The van der Waals surface area contributed by atoms with Crippen molar-refractivity contribution in [3.8, 4) is 5.75 Å². The van der Waals surface area contributed by atoms with Crippen molar-refractivity contribution in [2.45, 2.75) is 12.6 Å². The summed E-state index contributed by atoms with van der Waals surface area (Å²) in [4.78, 5) is 12.9. The van der Waals surface area contributed by atoms with Crippen LogP contribution >= 0.6 is 11.6 Å². The minimum Gasteiger partial charge on any atom is -0.506 e. The predicted octanol–water partition coefficient (Wildman–Crippen LogP) is 1.33. The highest BCUT2D eigenvalue weighted by Crippen LogP contribution is 2.24. The van der Waals surface area contributed by atoms with Crippen molar-refractivity contribution in [2.75, 3.05) is 19.8 Å². The van der Waals surface area contributed by atoms with Crippen LogP contribution in [0.3, 0.4) is 0 Å². The number of nitrogens with zero attached hydrogens (tertiary/aromatic N) is 1. The number of halogens is 1. The highest BCUT2D eigenvalue weighted by atomic mass is 35.5. The second kappa shape index (κ2) is 5.56. The Balaban J connectivity index is 2.10. The summed E-state index contributed by atoms with van der Waals surface area (Å²) in [6.45, 7) is 1.76. The zero-order chi connectivity index (χ0) is 13.1. The number of carbonyl (C=O) groups is 1. The molecule has 18 heavy (non-hydrogen) atoms. The molecule has 1 fully saturated rings. The van der Waals surface area contributed by atoms with E-state index in [1.54, 1.807) is 12.1 Å². The first-order valence-electron chi connectivity index (χ1n) is 5.60. The molecule has 1 aromatic rings. The molecule has 1 aliphatic rings. The van der Waals surface area contributed by atoms with Crippen LogP contribution in [0.4, 0.5) is 0 Å². The molecule has 1 atom stereocenters. The smallest absolute Gasteiger partial charge is 0.323 e. The normalized spacial score (nSPS) is 20.8. The van der Waals surface area contributed by atoms with Gasteiger partial charge in [-0.05, 0) is 17.7 Å². The molecule has 2 rings (SSSR count). The van der Waals surface area contributed by atoms with E-state index in [4.69, 9.17) is 21.4 Å². The third kappa shape index (κ3) is 2.93. The number of hydrogen-bond donors (Lipinski definition) is 2. The molecule has 1 aliphatic heterocycles. The third-order valence-corrected chi connectivity index (χ3v) is 3.22. The maximum absolute atomic E-state index is 11.1. The van der Waals surface area contributed by atoms with Crippen molar-refractivity contribution in [1.82, 2.24) is 4.90 Å². The second-order valence-electron chi connectivity index (χ2n) is 4.19. The molecule has 0 saturated carbocycles. The molecule has 1 aromatic carbocycles. The minimum absolute atomic E-state index is 0.0252. The lowest BCUT2D eigenvalue weighted by molar-refractivity contribution is -0.150. The topological polar surface area (TPSA) is 70.0 Å². The third-order valence-electron chi connectivity index (χ3n) is 2.92. The maximum Gasteiger partial charge on any atom is 0.323 e. The molecular weight excluding hydrogens is 258 g/mol. The fourth-order valence-corrected chi connectivity index (χ4v) is 2.14. The van der Waals surface area contributed by atoms with Crippen molar-refractivity contribution >= 4 is 17.6 Å².